The first-order valence-corrected chi connectivity index (χ1v) is 10.4. The van der Waals surface area contributed by atoms with Crippen molar-refractivity contribution in [3.8, 4) is 11.5 Å². The van der Waals surface area contributed by atoms with Gasteiger partial charge in [-0.05, 0) is 46.2 Å². The molecular weight excluding hydrogens is 366 g/mol. The van der Waals surface area contributed by atoms with Crippen molar-refractivity contribution in [2.24, 2.45) is 0 Å². The predicted molar refractivity (Wildman–Crippen MR) is 114 cm³/mol. The summed E-state index contributed by atoms with van der Waals surface area (Å²) in [4.78, 5) is 22.1. The summed E-state index contributed by atoms with van der Waals surface area (Å²) in [5.41, 5.74) is 2.83. The zero-order valence-electron chi connectivity index (χ0n) is 18.3. The number of nitrogens with zero attached hydrogens (tertiary/aromatic N) is 3. The van der Waals surface area contributed by atoms with Gasteiger partial charge in [-0.2, -0.15) is 0 Å². The molecular formula is C23H33N3O3. The standard InChI is InChI=1S/C23H33N3O3/c1-16-8-6-9-20(12-16)23-24-21(19(4)29-23)13-22(27)25-14-17(2)26(18(3)15-25)10-7-11-28-5/h6,8-9,12,17-18H,7,10-11,13-15H2,1-5H3. The number of aromatic nitrogens is 1. The van der Waals surface area contributed by atoms with Crippen LogP contribution in [0, 0.1) is 13.8 Å². The number of piperazine rings is 1. The maximum Gasteiger partial charge on any atom is 0.228 e. The number of ether oxygens (including phenoxy) is 1. The molecule has 6 nitrogen and oxygen atoms in total. The minimum Gasteiger partial charge on any atom is -0.441 e. The Balaban J connectivity index is 1.64. The summed E-state index contributed by atoms with van der Waals surface area (Å²) in [5.74, 6) is 1.42. The second kappa shape index (κ2) is 9.55. The fraction of sp³-hybridized carbons (Fsp3) is 0.565. The molecule has 3 rings (SSSR count). The van der Waals surface area contributed by atoms with Gasteiger partial charge in [-0.1, -0.05) is 17.7 Å². The van der Waals surface area contributed by atoms with Crippen LogP contribution >= 0.6 is 0 Å². The fourth-order valence-corrected chi connectivity index (χ4v) is 4.14. The molecule has 6 heteroatoms. The van der Waals surface area contributed by atoms with E-state index in [1.807, 2.05) is 43.0 Å². The van der Waals surface area contributed by atoms with Gasteiger partial charge in [-0.15, -0.1) is 0 Å². The molecule has 1 aromatic heterocycles. The Labute approximate surface area is 173 Å². The molecule has 0 saturated carbocycles. The van der Waals surface area contributed by atoms with Gasteiger partial charge in [0.1, 0.15) is 5.76 Å². The molecule has 2 atom stereocenters. The number of methoxy groups -OCH3 is 1. The Hall–Kier alpha value is -2.18. The van der Waals surface area contributed by atoms with Crippen molar-refractivity contribution in [2.45, 2.75) is 52.6 Å². The van der Waals surface area contributed by atoms with Crippen LogP contribution in [0.15, 0.2) is 28.7 Å². The summed E-state index contributed by atoms with van der Waals surface area (Å²) >= 11 is 0. The van der Waals surface area contributed by atoms with E-state index in [0.717, 1.165) is 49.5 Å². The molecule has 29 heavy (non-hydrogen) atoms. The third kappa shape index (κ3) is 5.25. The highest BCUT2D eigenvalue weighted by Gasteiger charge is 2.31. The van der Waals surface area contributed by atoms with Gasteiger partial charge in [0.2, 0.25) is 11.8 Å². The van der Waals surface area contributed by atoms with Crippen LogP contribution < -0.4 is 0 Å². The van der Waals surface area contributed by atoms with Crippen LogP contribution in [0.25, 0.3) is 11.5 Å². The van der Waals surface area contributed by atoms with Gasteiger partial charge in [0, 0.05) is 51.0 Å². The van der Waals surface area contributed by atoms with Gasteiger partial charge in [-0.25, -0.2) is 4.98 Å². The molecule has 2 heterocycles. The maximum absolute atomic E-state index is 13.0. The van der Waals surface area contributed by atoms with Crippen LogP contribution in [0.2, 0.25) is 0 Å². The second-order valence-corrected chi connectivity index (χ2v) is 8.15. The molecule has 0 spiro atoms. The number of carbonyl (C=O) groups is 1. The highest BCUT2D eigenvalue weighted by Crippen LogP contribution is 2.24. The average molecular weight is 400 g/mol. The van der Waals surface area contributed by atoms with E-state index in [4.69, 9.17) is 9.15 Å². The number of amides is 1. The number of hydrogen-bond acceptors (Lipinski definition) is 5. The molecule has 1 aromatic carbocycles. The molecule has 1 aliphatic rings. The normalized spacial score (nSPS) is 20.2. The number of oxazole rings is 1. The SMILES string of the molecule is COCCCN1C(C)CN(C(=O)Cc2nc(-c3cccc(C)c3)oc2C)CC1C. The summed E-state index contributed by atoms with van der Waals surface area (Å²) in [6, 6.07) is 8.73. The van der Waals surface area contributed by atoms with E-state index in [1.165, 1.54) is 0 Å². The van der Waals surface area contributed by atoms with E-state index in [0.29, 0.717) is 23.7 Å². The number of carbonyl (C=O) groups excluding carboxylic acids is 1. The van der Waals surface area contributed by atoms with Crippen LogP contribution in [0.1, 0.15) is 37.3 Å². The molecule has 1 saturated heterocycles. The molecule has 1 aliphatic heterocycles. The Morgan fingerprint density at radius 2 is 1.97 bits per heavy atom. The number of aryl methyl sites for hydroxylation is 2. The topological polar surface area (TPSA) is 58.8 Å². The van der Waals surface area contributed by atoms with Crippen LogP contribution in [0.5, 0.6) is 0 Å². The van der Waals surface area contributed by atoms with Crippen molar-refractivity contribution in [1.29, 1.82) is 0 Å². The van der Waals surface area contributed by atoms with E-state index in [2.05, 4.69) is 23.7 Å². The van der Waals surface area contributed by atoms with Crippen molar-refractivity contribution in [3.63, 3.8) is 0 Å². The van der Waals surface area contributed by atoms with E-state index in [1.54, 1.807) is 7.11 Å². The van der Waals surface area contributed by atoms with Crippen molar-refractivity contribution in [1.82, 2.24) is 14.8 Å². The summed E-state index contributed by atoms with van der Waals surface area (Å²) < 4.78 is 11.0. The Morgan fingerprint density at radius 3 is 2.62 bits per heavy atom. The van der Waals surface area contributed by atoms with Crippen LogP contribution in [0.4, 0.5) is 0 Å². The third-order valence-corrected chi connectivity index (χ3v) is 5.70. The molecule has 2 aromatic rings. The lowest BCUT2D eigenvalue weighted by Gasteiger charge is -2.44. The van der Waals surface area contributed by atoms with Gasteiger partial charge in [-0.3, -0.25) is 9.69 Å². The van der Waals surface area contributed by atoms with Crippen molar-refractivity contribution < 1.29 is 13.9 Å². The van der Waals surface area contributed by atoms with E-state index >= 15 is 0 Å². The first-order valence-electron chi connectivity index (χ1n) is 10.4. The molecule has 0 N–H and O–H groups in total. The number of hydrogen-bond donors (Lipinski definition) is 0. The van der Waals surface area contributed by atoms with Crippen molar-refractivity contribution in [3.05, 3.63) is 41.3 Å². The maximum atomic E-state index is 13.0. The minimum absolute atomic E-state index is 0.118. The molecule has 2 unspecified atom stereocenters. The lowest BCUT2D eigenvalue weighted by Crippen LogP contribution is -2.58. The van der Waals surface area contributed by atoms with Gasteiger partial charge in [0.25, 0.3) is 0 Å². The van der Waals surface area contributed by atoms with E-state index in [9.17, 15) is 4.79 Å². The van der Waals surface area contributed by atoms with Crippen LogP contribution in [-0.2, 0) is 16.0 Å². The first-order chi connectivity index (χ1) is 13.9. The fourth-order valence-electron chi connectivity index (χ4n) is 4.14. The molecule has 0 aliphatic carbocycles. The highest BCUT2D eigenvalue weighted by atomic mass is 16.5. The lowest BCUT2D eigenvalue weighted by atomic mass is 10.1. The van der Waals surface area contributed by atoms with Crippen molar-refractivity contribution in [2.75, 3.05) is 33.4 Å². The summed E-state index contributed by atoms with van der Waals surface area (Å²) in [6.45, 7) is 11.6. The van der Waals surface area contributed by atoms with Gasteiger partial charge < -0.3 is 14.1 Å². The molecule has 0 bridgehead atoms. The summed E-state index contributed by atoms with van der Waals surface area (Å²) in [6.07, 6.45) is 1.29. The first kappa shape index (κ1) is 21.5. The van der Waals surface area contributed by atoms with Gasteiger partial charge in [0.15, 0.2) is 0 Å². The Bertz CT molecular complexity index is 821. The van der Waals surface area contributed by atoms with E-state index < -0.39 is 0 Å². The highest BCUT2D eigenvalue weighted by molar-refractivity contribution is 5.79. The van der Waals surface area contributed by atoms with Crippen LogP contribution in [0.3, 0.4) is 0 Å². The zero-order chi connectivity index (χ0) is 21.0. The van der Waals surface area contributed by atoms with E-state index in [-0.39, 0.29) is 12.3 Å². The van der Waals surface area contributed by atoms with Gasteiger partial charge >= 0.3 is 0 Å². The second-order valence-electron chi connectivity index (χ2n) is 8.15. The zero-order valence-corrected chi connectivity index (χ0v) is 18.3. The summed E-state index contributed by atoms with van der Waals surface area (Å²) in [5, 5.41) is 0. The number of benzene rings is 1. The Morgan fingerprint density at radius 1 is 1.24 bits per heavy atom. The molecule has 0 radical (unpaired) electrons. The molecule has 1 fully saturated rings. The monoisotopic (exact) mass is 399 g/mol. The third-order valence-electron chi connectivity index (χ3n) is 5.70. The predicted octanol–water partition coefficient (Wildman–Crippen LogP) is 3.46. The Kier molecular flexibility index (Phi) is 7.09. The number of rotatable bonds is 7. The largest absolute Gasteiger partial charge is 0.441 e. The summed E-state index contributed by atoms with van der Waals surface area (Å²) in [7, 11) is 1.74. The molecule has 158 valence electrons. The lowest BCUT2D eigenvalue weighted by molar-refractivity contribution is -0.135. The van der Waals surface area contributed by atoms with Crippen LogP contribution in [-0.4, -0.2) is 66.1 Å². The quantitative estimate of drug-likeness (QED) is 0.668. The average Bonchev–Trinajstić information content (AvgIpc) is 3.04. The smallest absolute Gasteiger partial charge is 0.228 e. The molecule has 1 amide bonds. The van der Waals surface area contributed by atoms with Gasteiger partial charge in [0.05, 0.1) is 12.1 Å². The van der Waals surface area contributed by atoms with Crippen molar-refractivity contribution >= 4 is 5.91 Å². The minimum atomic E-state index is 0.118.